The van der Waals surface area contributed by atoms with Gasteiger partial charge in [0.1, 0.15) is 16.6 Å². The molecule has 0 aromatic carbocycles. The molecule has 0 spiro atoms. The van der Waals surface area contributed by atoms with Crippen LogP contribution in [0.4, 0.5) is 10.3 Å². The molecular formula is C13H17FN4O4S. The van der Waals surface area contributed by atoms with Crippen LogP contribution in [0.1, 0.15) is 26.5 Å². The summed E-state index contributed by atoms with van der Waals surface area (Å²) in [5.74, 6) is -0.806. The van der Waals surface area contributed by atoms with E-state index in [9.17, 15) is 19.1 Å². The van der Waals surface area contributed by atoms with Gasteiger partial charge < -0.3 is 15.6 Å². The van der Waals surface area contributed by atoms with Crippen molar-refractivity contribution < 1.29 is 14.2 Å². The second-order valence-corrected chi connectivity index (χ2v) is 7.04. The SMILES string of the molecule is CC(C)(F)[C@@H]1C[C@@H](CO)O[C@H]1n1c(=O)sc2c(=O)[nH]c(N)nc21. The van der Waals surface area contributed by atoms with Gasteiger partial charge in [0.2, 0.25) is 5.95 Å². The van der Waals surface area contributed by atoms with Gasteiger partial charge in [-0.05, 0) is 20.3 Å². The fraction of sp³-hybridized carbons (Fsp3) is 0.615. The molecule has 3 heterocycles. The molecule has 0 bridgehead atoms. The van der Waals surface area contributed by atoms with Crippen LogP contribution in [0.2, 0.25) is 0 Å². The van der Waals surface area contributed by atoms with Gasteiger partial charge in [0.05, 0.1) is 12.7 Å². The lowest BCUT2D eigenvalue weighted by Crippen LogP contribution is -2.34. The number of nitrogens with one attached hydrogen (secondary N) is 1. The molecule has 0 aliphatic carbocycles. The Hall–Kier alpha value is -1.78. The van der Waals surface area contributed by atoms with Crippen molar-refractivity contribution in [2.45, 2.75) is 38.3 Å². The van der Waals surface area contributed by atoms with Crippen molar-refractivity contribution in [2.75, 3.05) is 12.3 Å². The predicted molar refractivity (Wildman–Crippen MR) is 83.2 cm³/mol. The van der Waals surface area contributed by atoms with Gasteiger partial charge in [0.25, 0.3) is 5.56 Å². The summed E-state index contributed by atoms with van der Waals surface area (Å²) in [7, 11) is 0. The third kappa shape index (κ3) is 2.66. The highest BCUT2D eigenvalue weighted by Gasteiger charge is 2.46. The van der Waals surface area contributed by atoms with Gasteiger partial charge in [-0.25, -0.2) is 4.39 Å². The van der Waals surface area contributed by atoms with E-state index in [0.717, 1.165) is 4.57 Å². The maximum Gasteiger partial charge on any atom is 0.311 e. The monoisotopic (exact) mass is 344 g/mol. The molecule has 2 aromatic heterocycles. The van der Waals surface area contributed by atoms with Crippen molar-refractivity contribution in [3.8, 4) is 0 Å². The molecule has 1 saturated heterocycles. The van der Waals surface area contributed by atoms with E-state index >= 15 is 0 Å². The van der Waals surface area contributed by atoms with Crippen LogP contribution in [-0.2, 0) is 4.74 Å². The minimum Gasteiger partial charge on any atom is -0.394 e. The lowest BCUT2D eigenvalue weighted by Gasteiger charge is -2.27. The average molecular weight is 344 g/mol. The quantitative estimate of drug-likeness (QED) is 0.739. The summed E-state index contributed by atoms with van der Waals surface area (Å²) in [4.78, 5) is 30.1. The Bertz CT molecular complexity index is 852. The van der Waals surface area contributed by atoms with Gasteiger partial charge in [-0.1, -0.05) is 11.3 Å². The number of ether oxygens (including phenoxy) is 1. The van der Waals surface area contributed by atoms with Crippen LogP contribution in [-0.4, -0.2) is 38.0 Å². The van der Waals surface area contributed by atoms with Crippen LogP contribution in [0.3, 0.4) is 0 Å². The molecule has 0 amide bonds. The summed E-state index contributed by atoms with van der Waals surface area (Å²) in [5, 5.41) is 9.31. The standard InChI is InChI=1S/C13H17FN4O4S/c1-13(2,14)6-3-5(4-19)22-10(6)18-8-7(23-12(18)21)9(20)17-11(15)16-8/h5-6,10,19H,3-4H2,1-2H3,(H3,15,16,17,20)/t5-,6+,10+/m0/s1. The summed E-state index contributed by atoms with van der Waals surface area (Å²) in [5.41, 5.74) is 3.44. The number of fused-ring (bicyclic) bond motifs is 1. The summed E-state index contributed by atoms with van der Waals surface area (Å²) >= 11 is 0.703. The summed E-state index contributed by atoms with van der Waals surface area (Å²) in [6.45, 7) is 2.50. The van der Waals surface area contributed by atoms with Crippen molar-refractivity contribution in [3.63, 3.8) is 0 Å². The number of aliphatic hydroxyl groups is 1. The molecule has 10 heteroatoms. The highest BCUT2D eigenvalue weighted by atomic mass is 32.1. The molecule has 23 heavy (non-hydrogen) atoms. The number of nitrogen functional groups attached to an aromatic ring is 1. The molecule has 3 rings (SSSR count). The lowest BCUT2D eigenvalue weighted by molar-refractivity contribution is -0.0514. The Morgan fingerprint density at radius 3 is 2.87 bits per heavy atom. The minimum absolute atomic E-state index is 0.0686. The predicted octanol–water partition coefficient (Wildman–Crippen LogP) is 0.373. The molecule has 0 saturated carbocycles. The maximum atomic E-state index is 14.5. The molecule has 1 aliphatic heterocycles. The van der Waals surface area contributed by atoms with E-state index in [0.29, 0.717) is 11.3 Å². The molecule has 8 nitrogen and oxygen atoms in total. The van der Waals surface area contributed by atoms with Crippen molar-refractivity contribution in [2.24, 2.45) is 5.92 Å². The lowest BCUT2D eigenvalue weighted by atomic mass is 9.88. The topological polar surface area (TPSA) is 123 Å². The van der Waals surface area contributed by atoms with Crippen molar-refractivity contribution >= 4 is 27.6 Å². The number of nitrogens with zero attached hydrogens (tertiary/aromatic N) is 2. The van der Waals surface area contributed by atoms with Gasteiger partial charge in [-0.3, -0.25) is 19.1 Å². The number of aromatic nitrogens is 3. The molecule has 1 aliphatic rings. The number of thiazole rings is 1. The smallest absolute Gasteiger partial charge is 0.311 e. The van der Waals surface area contributed by atoms with Crippen LogP contribution in [0.25, 0.3) is 10.3 Å². The number of aliphatic hydroxyl groups excluding tert-OH is 1. The number of rotatable bonds is 3. The zero-order chi connectivity index (χ0) is 16.9. The molecule has 2 aromatic rings. The first-order valence-corrected chi connectivity index (χ1v) is 7.90. The van der Waals surface area contributed by atoms with Crippen molar-refractivity contribution in [1.82, 2.24) is 14.5 Å². The Labute approximate surface area is 133 Å². The number of H-pyrrole nitrogens is 1. The first-order chi connectivity index (χ1) is 10.7. The van der Waals surface area contributed by atoms with E-state index in [-0.39, 0.29) is 29.3 Å². The van der Waals surface area contributed by atoms with E-state index in [1.165, 1.54) is 13.8 Å². The third-order valence-corrected chi connectivity index (χ3v) is 4.97. The summed E-state index contributed by atoms with van der Waals surface area (Å²) in [6.07, 6.45) is -1.28. The Morgan fingerprint density at radius 2 is 2.26 bits per heavy atom. The van der Waals surface area contributed by atoms with E-state index < -0.39 is 34.4 Å². The van der Waals surface area contributed by atoms with Crippen molar-refractivity contribution in [3.05, 3.63) is 20.0 Å². The fourth-order valence-corrected chi connectivity index (χ4v) is 3.74. The highest BCUT2D eigenvalue weighted by Crippen LogP contribution is 2.43. The third-order valence-electron chi connectivity index (χ3n) is 4.02. The van der Waals surface area contributed by atoms with Crippen LogP contribution in [0.15, 0.2) is 9.59 Å². The zero-order valence-electron chi connectivity index (χ0n) is 12.6. The Balaban J connectivity index is 2.20. The van der Waals surface area contributed by atoms with Gasteiger partial charge in [-0.2, -0.15) is 4.98 Å². The van der Waals surface area contributed by atoms with E-state index in [4.69, 9.17) is 10.5 Å². The summed E-state index contributed by atoms with van der Waals surface area (Å²) < 4.78 is 21.5. The number of halogens is 1. The average Bonchev–Trinajstić information content (AvgIpc) is 2.99. The molecule has 4 N–H and O–H groups in total. The van der Waals surface area contributed by atoms with E-state index in [1.54, 1.807) is 0 Å². The second kappa shape index (κ2) is 5.39. The van der Waals surface area contributed by atoms with Gasteiger partial charge in [-0.15, -0.1) is 0 Å². The zero-order valence-corrected chi connectivity index (χ0v) is 13.4. The first kappa shape index (κ1) is 16.1. The number of hydrogen-bond acceptors (Lipinski definition) is 7. The highest BCUT2D eigenvalue weighted by molar-refractivity contribution is 7.16. The number of hydrogen-bond donors (Lipinski definition) is 3. The van der Waals surface area contributed by atoms with Gasteiger partial charge >= 0.3 is 4.87 Å². The van der Waals surface area contributed by atoms with E-state index in [1.807, 2.05) is 0 Å². The fourth-order valence-electron chi connectivity index (χ4n) is 2.89. The van der Waals surface area contributed by atoms with Gasteiger partial charge in [0, 0.05) is 5.92 Å². The molecular weight excluding hydrogens is 327 g/mol. The number of aromatic amines is 1. The number of anilines is 1. The normalized spacial score (nSPS) is 25.3. The van der Waals surface area contributed by atoms with Gasteiger partial charge in [0.15, 0.2) is 5.65 Å². The number of alkyl halides is 1. The van der Waals surface area contributed by atoms with Crippen molar-refractivity contribution in [1.29, 1.82) is 0 Å². The Morgan fingerprint density at radius 1 is 1.57 bits per heavy atom. The molecule has 126 valence electrons. The first-order valence-electron chi connectivity index (χ1n) is 7.08. The second-order valence-electron chi connectivity index (χ2n) is 6.08. The minimum atomic E-state index is -1.64. The van der Waals surface area contributed by atoms with Crippen LogP contribution >= 0.6 is 11.3 Å². The Kier molecular flexibility index (Phi) is 3.77. The van der Waals surface area contributed by atoms with Crippen LogP contribution < -0.4 is 16.2 Å². The maximum absolute atomic E-state index is 14.5. The van der Waals surface area contributed by atoms with E-state index in [2.05, 4.69) is 9.97 Å². The molecule has 0 unspecified atom stereocenters. The largest absolute Gasteiger partial charge is 0.394 e. The van der Waals surface area contributed by atoms with Crippen LogP contribution in [0, 0.1) is 5.92 Å². The number of nitrogens with two attached hydrogens (primary N) is 1. The molecule has 1 fully saturated rings. The molecule has 3 atom stereocenters. The van der Waals surface area contributed by atoms with Crippen LogP contribution in [0.5, 0.6) is 0 Å². The summed E-state index contributed by atoms with van der Waals surface area (Å²) in [6, 6.07) is 0. The molecule has 0 radical (unpaired) electrons.